The number of hydrogen-bond donors (Lipinski definition) is 0. The van der Waals surface area contributed by atoms with E-state index >= 15 is 0 Å². The van der Waals surface area contributed by atoms with Crippen LogP contribution in [0.2, 0.25) is 0 Å². The summed E-state index contributed by atoms with van der Waals surface area (Å²) in [4.78, 5) is 0. The van der Waals surface area contributed by atoms with Gasteiger partial charge in [0.1, 0.15) is 0 Å². The first-order valence-corrected chi connectivity index (χ1v) is 20.9. The predicted octanol–water partition coefficient (Wildman–Crippen LogP) is 16.1. The molecule has 44 heavy (non-hydrogen) atoms. The van der Waals surface area contributed by atoms with E-state index in [2.05, 4.69) is 38.1 Å². The second kappa shape index (κ2) is 35.1. The van der Waals surface area contributed by atoms with Crippen LogP contribution in [0.3, 0.4) is 0 Å². The summed E-state index contributed by atoms with van der Waals surface area (Å²) in [7, 11) is 0. The number of hydrogen-bond acceptors (Lipinski definition) is 0. The molecule has 1 aromatic carbocycles. The first-order valence-electron chi connectivity index (χ1n) is 20.9. The van der Waals surface area contributed by atoms with E-state index in [9.17, 15) is 0 Å². The standard InChI is InChI=1S/C44H82/c1-3-5-7-9-11-13-15-17-19-21-23-25-27-29-31-33-35-38-43-40-37-41-44(42-43)39-36-34-32-30-28-26-24-22-20-18-16-14-12-10-8-6-4-2/h37,40-42H,3-36,38-39H2,1-2H3. The van der Waals surface area contributed by atoms with Crippen LogP contribution in [0.1, 0.15) is 243 Å². The molecule has 0 N–H and O–H groups in total. The van der Waals surface area contributed by atoms with E-state index < -0.39 is 0 Å². The molecule has 0 atom stereocenters. The van der Waals surface area contributed by atoms with Crippen LogP contribution in [-0.2, 0) is 12.8 Å². The van der Waals surface area contributed by atoms with Gasteiger partial charge >= 0.3 is 0 Å². The molecular weight excluding hydrogens is 528 g/mol. The van der Waals surface area contributed by atoms with Crippen LogP contribution >= 0.6 is 0 Å². The van der Waals surface area contributed by atoms with E-state index in [-0.39, 0.29) is 0 Å². The van der Waals surface area contributed by atoms with E-state index in [0.29, 0.717) is 0 Å². The average molecular weight is 611 g/mol. The Balaban J connectivity index is 1.83. The minimum absolute atomic E-state index is 1.28. The topological polar surface area (TPSA) is 0 Å². The van der Waals surface area contributed by atoms with Crippen molar-refractivity contribution in [3.63, 3.8) is 0 Å². The summed E-state index contributed by atoms with van der Waals surface area (Å²) in [6.45, 7) is 4.62. The van der Waals surface area contributed by atoms with E-state index in [1.54, 1.807) is 11.1 Å². The smallest absolute Gasteiger partial charge is 0.0279 e. The van der Waals surface area contributed by atoms with Crippen molar-refractivity contribution in [2.45, 2.75) is 245 Å². The molecule has 0 aliphatic carbocycles. The number of rotatable bonds is 36. The lowest BCUT2D eigenvalue weighted by Crippen LogP contribution is -1.91. The third-order valence-electron chi connectivity index (χ3n) is 10.1. The molecule has 0 heteroatoms. The highest BCUT2D eigenvalue weighted by molar-refractivity contribution is 5.23. The zero-order valence-corrected chi connectivity index (χ0v) is 30.8. The van der Waals surface area contributed by atoms with Crippen molar-refractivity contribution in [3.8, 4) is 0 Å². The van der Waals surface area contributed by atoms with E-state index in [0.717, 1.165) is 0 Å². The molecule has 0 amide bonds. The normalized spacial score (nSPS) is 11.5. The van der Waals surface area contributed by atoms with Crippen LogP contribution in [0.5, 0.6) is 0 Å². The fourth-order valence-corrected chi connectivity index (χ4v) is 7.05. The Morgan fingerprint density at radius 1 is 0.273 bits per heavy atom. The van der Waals surface area contributed by atoms with Crippen molar-refractivity contribution >= 4 is 0 Å². The van der Waals surface area contributed by atoms with Gasteiger partial charge in [-0.1, -0.05) is 244 Å². The Kier molecular flexibility index (Phi) is 32.9. The molecule has 0 unspecified atom stereocenters. The lowest BCUT2D eigenvalue weighted by molar-refractivity contribution is 0.527. The highest BCUT2D eigenvalue weighted by atomic mass is 14.1. The lowest BCUT2D eigenvalue weighted by atomic mass is 9.99. The Labute approximate surface area is 279 Å². The molecule has 0 nitrogen and oxygen atoms in total. The van der Waals surface area contributed by atoms with Crippen molar-refractivity contribution < 1.29 is 0 Å². The monoisotopic (exact) mass is 611 g/mol. The maximum Gasteiger partial charge on any atom is -0.0279 e. The highest BCUT2D eigenvalue weighted by Gasteiger charge is 2.00. The van der Waals surface area contributed by atoms with E-state index in [4.69, 9.17) is 0 Å². The van der Waals surface area contributed by atoms with Crippen LogP contribution in [0, 0.1) is 0 Å². The lowest BCUT2D eigenvalue weighted by Gasteiger charge is -2.07. The maximum atomic E-state index is 2.51. The van der Waals surface area contributed by atoms with Crippen LogP contribution in [0.25, 0.3) is 0 Å². The van der Waals surface area contributed by atoms with E-state index in [1.807, 2.05) is 0 Å². The van der Waals surface area contributed by atoms with Gasteiger partial charge in [-0.15, -0.1) is 0 Å². The van der Waals surface area contributed by atoms with Crippen LogP contribution in [0.4, 0.5) is 0 Å². The zero-order valence-electron chi connectivity index (χ0n) is 30.8. The van der Waals surface area contributed by atoms with Gasteiger partial charge in [0.2, 0.25) is 0 Å². The minimum atomic E-state index is 1.28. The Bertz CT molecular complexity index is 607. The molecule has 0 fully saturated rings. The van der Waals surface area contributed by atoms with Crippen LogP contribution in [0.15, 0.2) is 24.3 Å². The number of aryl methyl sites for hydroxylation is 2. The van der Waals surface area contributed by atoms with Gasteiger partial charge in [0.15, 0.2) is 0 Å². The van der Waals surface area contributed by atoms with E-state index in [1.165, 1.54) is 231 Å². The van der Waals surface area contributed by atoms with Gasteiger partial charge in [0, 0.05) is 0 Å². The molecule has 0 spiro atoms. The molecule has 0 radical (unpaired) electrons. The van der Waals surface area contributed by atoms with Crippen molar-refractivity contribution in [2.75, 3.05) is 0 Å². The second-order valence-electron chi connectivity index (χ2n) is 14.6. The molecule has 0 aliphatic heterocycles. The number of benzene rings is 1. The zero-order chi connectivity index (χ0) is 31.4. The molecule has 1 rings (SSSR count). The summed E-state index contributed by atoms with van der Waals surface area (Å²) in [6, 6.07) is 9.56. The van der Waals surface area contributed by atoms with Crippen molar-refractivity contribution in [1.29, 1.82) is 0 Å². The summed E-state index contributed by atoms with van der Waals surface area (Å²) >= 11 is 0. The minimum Gasteiger partial charge on any atom is -0.0654 e. The van der Waals surface area contributed by atoms with Crippen LogP contribution in [-0.4, -0.2) is 0 Å². The summed E-state index contributed by atoms with van der Waals surface area (Å²) < 4.78 is 0. The summed E-state index contributed by atoms with van der Waals surface area (Å²) in [5.41, 5.74) is 3.16. The molecule has 0 saturated carbocycles. The first kappa shape index (κ1) is 41.2. The molecule has 1 aromatic rings. The number of unbranched alkanes of at least 4 members (excludes halogenated alkanes) is 32. The average Bonchev–Trinajstić information content (AvgIpc) is 3.04. The third-order valence-corrected chi connectivity index (χ3v) is 10.1. The van der Waals surface area contributed by atoms with Crippen LogP contribution < -0.4 is 0 Å². The van der Waals surface area contributed by atoms with Gasteiger partial charge in [-0.3, -0.25) is 0 Å². The highest BCUT2D eigenvalue weighted by Crippen LogP contribution is 2.18. The quantitative estimate of drug-likeness (QED) is 0.0663. The van der Waals surface area contributed by atoms with Gasteiger partial charge < -0.3 is 0 Å². The Morgan fingerprint density at radius 3 is 0.705 bits per heavy atom. The first-order chi connectivity index (χ1) is 21.9. The van der Waals surface area contributed by atoms with Gasteiger partial charge in [-0.05, 0) is 36.8 Å². The fourth-order valence-electron chi connectivity index (χ4n) is 7.05. The summed E-state index contributed by atoms with van der Waals surface area (Å²) in [6.07, 6.45) is 52.0. The SMILES string of the molecule is CCCCCCCCCCCCCCCCCCCc1cccc(CCCCCCCCCCCCCCCCCCC)c1. The molecule has 258 valence electrons. The summed E-state index contributed by atoms with van der Waals surface area (Å²) in [5, 5.41) is 0. The molecule has 0 saturated heterocycles. The van der Waals surface area contributed by atoms with Gasteiger partial charge in [0.25, 0.3) is 0 Å². The molecule has 0 aliphatic rings. The molecular formula is C44H82. The molecule has 0 aromatic heterocycles. The van der Waals surface area contributed by atoms with Gasteiger partial charge in [-0.2, -0.15) is 0 Å². The van der Waals surface area contributed by atoms with Crippen molar-refractivity contribution in [1.82, 2.24) is 0 Å². The van der Waals surface area contributed by atoms with Gasteiger partial charge in [-0.25, -0.2) is 0 Å². The van der Waals surface area contributed by atoms with Gasteiger partial charge in [0.05, 0.1) is 0 Å². The Morgan fingerprint density at radius 2 is 0.477 bits per heavy atom. The molecule has 0 bridgehead atoms. The Hall–Kier alpha value is -0.780. The summed E-state index contributed by atoms with van der Waals surface area (Å²) in [5.74, 6) is 0. The predicted molar refractivity (Wildman–Crippen MR) is 202 cm³/mol. The fraction of sp³-hybridized carbons (Fsp3) is 0.864. The van der Waals surface area contributed by atoms with Crippen molar-refractivity contribution in [2.24, 2.45) is 0 Å². The van der Waals surface area contributed by atoms with Crippen molar-refractivity contribution in [3.05, 3.63) is 35.4 Å². The molecule has 0 heterocycles. The second-order valence-corrected chi connectivity index (χ2v) is 14.6. The third kappa shape index (κ3) is 29.9. The largest absolute Gasteiger partial charge is 0.0654 e. The maximum absolute atomic E-state index is 2.51.